The zero-order chi connectivity index (χ0) is 25.8. The monoisotopic (exact) mass is 551 g/mol. The number of carbonyl (C=O) groups excluding carboxylic acids is 3. The van der Waals surface area contributed by atoms with Crippen molar-refractivity contribution in [2.24, 2.45) is 33.8 Å². The molecule has 35 heavy (non-hydrogen) atoms. The van der Waals surface area contributed by atoms with E-state index < -0.39 is 35.8 Å². The normalized spacial score (nSPS) is 16.5. The largest absolute Gasteiger partial charge is 0.370 e. The molecule has 0 spiro atoms. The van der Waals surface area contributed by atoms with E-state index in [1.165, 1.54) is 6.42 Å². The average molecular weight is 553 g/mol. The first-order chi connectivity index (χ1) is 16.7. The van der Waals surface area contributed by atoms with Crippen molar-refractivity contribution in [1.29, 1.82) is 0 Å². The van der Waals surface area contributed by atoms with Crippen LogP contribution in [0.1, 0.15) is 56.9 Å². The number of carbonyl (C=O) groups is 3. The molecule has 0 heterocycles. The summed E-state index contributed by atoms with van der Waals surface area (Å²) in [5.41, 5.74) is 23.1. The van der Waals surface area contributed by atoms with E-state index in [1.807, 2.05) is 24.3 Å². The molecule has 0 bridgehead atoms. The lowest BCUT2D eigenvalue weighted by Gasteiger charge is -2.28. The van der Waals surface area contributed by atoms with E-state index in [9.17, 15) is 14.4 Å². The number of amides is 3. The van der Waals surface area contributed by atoms with Crippen LogP contribution in [-0.4, -0.2) is 48.4 Å². The predicted molar refractivity (Wildman–Crippen MR) is 140 cm³/mol. The molecule has 1 aromatic carbocycles. The van der Waals surface area contributed by atoms with Gasteiger partial charge in [-0.2, -0.15) is 0 Å². The Morgan fingerprint density at radius 2 is 1.60 bits per heavy atom. The van der Waals surface area contributed by atoms with Crippen LogP contribution in [0.4, 0.5) is 0 Å². The third-order valence-electron chi connectivity index (χ3n) is 6.24. The molecule has 1 aliphatic rings. The third kappa shape index (κ3) is 10.6. The minimum atomic E-state index is -0.900. The molecule has 0 aromatic heterocycles. The van der Waals surface area contributed by atoms with Gasteiger partial charge in [-0.05, 0) is 42.9 Å². The molecule has 11 heteroatoms. The lowest BCUT2D eigenvalue weighted by atomic mass is 9.84. The lowest BCUT2D eigenvalue weighted by Crippen LogP contribution is -2.56. The fourth-order valence-electron chi connectivity index (χ4n) is 4.27. The van der Waals surface area contributed by atoms with Crippen LogP contribution in [0, 0.1) is 5.92 Å². The number of nitrogens with zero attached hydrogens (tertiary/aromatic N) is 1. The van der Waals surface area contributed by atoms with Crippen LogP contribution in [0.5, 0.6) is 0 Å². The van der Waals surface area contributed by atoms with Gasteiger partial charge in [-0.15, -0.1) is 0 Å². The molecule has 10 nitrogen and oxygen atoms in total. The summed E-state index contributed by atoms with van der Waals surface area (Å²) in [6.07, 6.45) is 7.03. The van der Waals surface area contributed by atoms with Gasteiger partial charge in [0.25, 0.3) is 0 Å². The average Bonchev–Trinajstić information content (AvgIpc) is 2.82. The Hall–Kier alpha value is -2.66. The van der Waals surface area contributed by atoms with Crippen molar-refractivity contribution in [3.05, 3.63) is 34.3 Å². The molecule has 0 radical (unpaired) electrons. The molecule has 0 aliphatic heterocycles. The number of benzene rings is 1. The number of hydrogen-bond donors (Lipinski definition) is 6. The second-order valence-corrected chi connectivity index (χ2v) is 10.1. The standard InChI is InChI=1S/C24H38BrN7O3/c25-17-10-8-16(9-11-17)13-19(21(27)33)31-23(35)20(14-15-5-2-1-3-6-15)32-22(34)18(26)7-4-12-30-24(28)29/h8-11,15,18-20H,1-7,12-14,26H2,(H2,27,33)(H,31,35)(H,32,34)(H4,28,29,30)/t18-,19-,20-/m0/s1. The number of nitrogens with one attached hydrogen (secondary N) is 2. The highest BCUT2D eigenvalue weighted by Gasteiger charge is 2.30. The molecule has 1 saturated carbocycles. The number of halogens is 1. The molecule has 3 atom stereocenters. The zero-order valence-corrected chi connectivity index (χ0v) is 21.6. The van der Waals surface area contributed by atoms with Crippen molar-refractivity contribution >= 4 is 39.6 Å². The molecule has 2 rings (SSSR count). The Kier molecular flexibility index (Phi) is 12.0. The third-order valence-corrected chi connectivity index (χ3v) is 6.77. The number of rotatable bonds is 13. The maximum Gasteiger partial charge on any atom is 0.243 e. The molecule has 0 saturated heterocycles. The molecule has 0 unspecified atom stereocenters. The minimum absolute atomic E-state index is 0.0145. The van der Waals surface area contributed by atoms with E-state index in [2.05, 4.69) is 31.6 Å². The second kappa shape index (κ2) is 14.7. The highest BCUT2D eigenvalue weighted by molar-refractivity contribution is 9.10. The number of primary amides is 1. The molecule has 3 amide bonds. The fourth-order valence-corrected chi connectivity index (χ4v) is 4.53. The van der Waals surface area contributed by atoms with Gasteiger partial charge in [0.15, 0.2) is 5.96 Å². The van der Waals surface area contributed by atoms with Crippen LogP contribution in [0.25, 0.3) is 0 Å². The quantitative estimate of drug-likeness (QED) is 0.119. The highest BCUT2D eigenvalue weighted by Crippen LogP contribution is 2.27. The summed E-state index contributed by atoms with van der Waals surface area (Å²) in [5, 5.41) is 5.56. The number of nitrogens with two attached hydrogens (primary N) is 4. The summed E-state index contributed by atoms with van der Waals surface area (Å²) in [6.45, 7) is 0.367. The summed E-state index contributed by atoms with van der Waals surface area (Å²) in [4.78, 5) is 42.0. The smallest absolute Gasteiger partial charge is 0.243 e. The molecular weight excluding hydrogens is 514 g/mol. The molecule has 194 valence electrons. The van der Waals surface area contributed by atoms with E-state index in [0.717, 1.165) is 35.7 Å². The Labute approximate surface area is 215 Å². The molecule has 1 fully saturated rings. The number of guanidine groups is 1. The van der Waals surface area contributed by atoms with E-state index in [-0.39, 0.29) is 12.4 Å². The van der Waals surface area contributed by atoms with Crippen molar-refractivity contribution < 1.29 is 14.4 Å². The van der Waals surface area contributed by atoms with Crippen LogP contribution in [0.15, 0.2) is 33.7 Å². The van der Waals surface area contributed by atoms with Gasteiger partial charge in [0, 0.05) is 17.4 Å². The lowest BCUT2D eigenvalue weighted by molar-refractivity contribution is -0.132. The van der Waals surface area contributed by atoms with Crippen LogP contribution >= 0.6 is 15.9 Å². The summed E-state index contributed by atoms with van der Waals surface area (Å²) in [7, 11) is 0. The van der Waals surface area contributed by atoms with Gasteiger partial charge in [-0.25, -0.2) is 0 Å². The highest BCUT2D eigenvalue weighted by atomic mass is 79.9. The van der Waals surface area contributed by atoms with Crippen LogP contribution in [-0.2, 0) is 20.8 Å². The van der Waals surface area contributed by atoms with Gasteiger partial charge in [0.1, 0.15) is 12.1 Å². The van der Waals surface area contributed by atoms with Crippen LogP contribution < -0.4 is 33.6 Å². The van der Waals surface area contributed by atoms with Crippen molar-refractivity contribution in [3.63, 3.8) is 0 Å². The first-order valence-corrected chi connectivity index (χ1v) is 12.9. The number of hydrogen-bond acceptors (Lipinski definition) is 5. The van der Waals surface area contributed by atoms with Crippen LogP contribution in [0.3, 0.4) is 0 Å². The Morgan fingerprint density at radius 3 is 2.20 bits per heavy atom. The topological polar surface area (TPSA) is 192 Å². The van der Waals surface area contributed by atoms with Crippen molar-refractivity contribution in [2.45, 2.75) is 75.9 Å². The van der Waals surface area contributed by atoms with Crippen LogP contribution in [0.2, 0.25) is 0 Å². The maximum absolute atomic E-state index is 13.2. The molecule has 1 aromatic rings. The van der Waals surface area contributed by atoms with E-state index in [1.54, 1.807) is 0 Å². The van der Waals surface area contributed by atoms with Gasteiger partial charge in [-0.1, -0.05) is 60.2 Å². The van der Waals surface area contributed by atoms with E-state index in [0.29, 0.717) is 31.7 Å². The summed E-state index contributed by atoms with van der Waals surface area (Å²) in [5.74, 6) is -1.19. The first-order valence-electron chi connectivity index (χ1n) is 12.1. The van der Waals surface area contributed by atoms with Gasteiger partial charge in [-0.3, -0.25) is 19.4 Å². The van der Waals surface area contributed by atoms with E-state index >= 15 is 0 Å². The van der Waals surface area contributed by atoms with Crippen molar-refractivity contribution in [2.75, 3.05) is 6.54 Å². The fraction of sp³-hybridized carbons (Fsp3) is 0.583. The first kappa shape index (κ1) is 28.6. The summed E-state index contributed by atoms with van der Waals surface area (Å²) < 4.78 is 0.908. The maximum atomic E-state index is 13.2. The Morgan fingerprint density at radius 1 is 0.971 bits per heavy atom. The Bertz CT molecular complexity index is 868. The zero-order valence-electron chi connectivity index (χ0n) is 20.0. The van der Waals surface area contributed by atoms with Gasteiger partial charge in [0.05, 0.1) is 6.04 Å². The van der Waals surface area contributed by atoms with Gasteiger partial charge < -0.3 is 33.6 Å². The van der Waals surface area contributed by atoms with E-state index in [4.69, 9.17) is 22.9 Å². The minimum Gasteiger partial charge on any atom is -0.370 e. The second-order valence-electron chi connectivity index (χ2n) is 9.15. The van der Waals surface area contributed by atoms with Crippen molar-refractivity contribution in [1.82, 2.24) is 10.6 Å². The van der Waals surface area contributed by atoms with Gasteiger partial charge in [0.2, 0.25) is 17.7 Å². The molecule has 1 aliphatic carbocycles. The molecular formula is C24H38BrN7O3. The summed E-state index contributed by atoms with van der Waals surface area (Å²) in [6, 6.07) is 4.92. The Balaban J connectivity index is 2.05. The molecule has 10 N–H and O–H groups in total. The summed E-state index contributed by atoms with van der Waals surface area (Å²) >= 11 is 3.38. The predicted octanol–water partition coefficient (Wildman–Crippen LogP) is 0.798. The van der Waals surface area contributed by atoms with Crippen molar-refractivity contribution in [3.8, 4) is 0 Å². The number of aliphatic imine (C=N–C) groups is 1. The SMILES string of the molecule is NC(=O)[C@H](Cc1ccc(Br)cc1)NC(=O)[C@H](CC1CCCCC1)NC(=O)[C@@H](N)CCCN=C(N)N. The van der Waals surface area contributed by atoms with Gasteiger partial charge >= 0.3 is 0 Å².